The van der Waals surface area contributed by atoms with Crippen LogP contribution >= 0.6 is 0 Å². The lowest BCUT2D eigenvalue weighted by Crippen LogP contribution is -2.23. The summed E-state index contributed by atoms with van der Waals surface area (Å²) in [6.45, 7) is 0.658. The molecule has 2 atom stereocenters. The van der Waals surface area contributed by atoms with Gasteiger partial charge in [0.2, 0.25) is 0 Å². The van der Waals surface area contributed by atoms with Crippen molar-refractivity contribution < 1.29 is 19.1 Å². The lowest BCUT2D eigenvalue weighted by Gasteiger charge is -2.15. The third-order valence-electron chi connectivity index (χ3n) is 3.80. The molecule has 116 valence electrons. The van der Waals surface area contributed by atoms with E-state index in [1.165, 1.54) is 0 Å². The Kier molecular flexibility index (Phi) is 4.62. The second-order valence-electron chi connectivity index (χ2n) is 5.33. The third-order valence-corrected chi connectivity index (χ3v) is 3.80. The van der Waals surface area contributed by atoms with Crippen LogP contribution in [0.1, 0.15) is 17.2 Å². The van der Waals surface area contributed by atoms with Gasteiger partial charge in [0.1, 0.15) is 12.0 Å². The number of benzene rings is 2. The van der Waals surface area contributed by atoms with Gasteiger partial charge in [-0.25, -0.2) is 4.79 Å². The monoisotopic (exact) mass is 308 g/mol. The van der Waals surface area contributed by atoms with Crippen molar-refractivity contribution in [1.82, 2.24) is 0 Å². The maximum absolute atomic E-state index is 11.9. The van der Waals surface area contributed by atoms with Gasteiger partial charge in [-0.2, -0.15) is 4.79 Å². The van der Waals surface area contributed by atoms with Crippen molar-refractivity contribution in [3.63, 3.8) is 0 Å². The molecule has 5 heteroatoms. The summed E-state index contributed by atoms with van der Waals surface area (Å²) >= 11 is 0. The van der Waals surface area contributed by atoms with Gasteiger partial charge in [0, 0.05) is 0 Å². The Morgan fingerprint density at radius 3 is 2.35 bits per heavy atom. The Morgan fingerprint density at radius 1 is 1.04 bits per heavy atom. The molecule has 1 aliphatic rings. The minimum atomic E-state index is -0.602. The van der Waals surface area contributed by atoms with Gasteiger partial charge in [-0.1, -0.05) is 60.7 Å². The number of nitrogens with zero attached hydrogens (tertiary/aromatic N) is 2. The van der Waals surface area contributed by atoms with Crippen molar-refractivity contribution in [1.29, 1.82) is 0 Å². The van der Waals surface area contributed by atoms with Crippen molar-refractivity contribution in [2.45, 2.75) is 12.7 Å². The molecule has 0 aliphatic carbocycles. The Hall–Kier alpha value is -2.75. The molecular formula is C18H16N2O3. The van der Waals surface area contributed by atoms with Crippen LogP contribution in [0.3, 0.4) is 0 Å². The second kappa shape index (κ2) is 7.01. The molecule has 0 saturated carbocycles. The van der Waals surface area contributed by atoms with Gasteiger partial charge in [0.15, 0.2) is 0 Å². The number of cyclic esters (lactones) is 1. The van der Waals surface area contributed by atoms with Crippen molar-refractivity contribution in [3.8, 4) is 0 Å². The minimum Gasteiger partial charge on any atom is -0.448 e. The SMILES string of the molecule is [N-]=[N+]=C1C(=O)O[C@@H](c2ccccc2)[C@@H]1COCc1ccccc1. The lowest BCUT2D eigenvalue weighted by molar-refractivity contribution is -0.140. The van der Waals surface area contributed by atoms with Gasteiger partial charge in [-0.05, 0) is 11.1 Å². The quantitative estimate of drug-likeness (QED) is 0.484. The van der Waals surface area contributed by atoms with E-state index >= 15 is 0 Å². The van der Waals surface area contributed by atoms with Crippen LogP contribution in [0.5, 0.6) is 0 Å². The molecular weight excluding hydrogens is 292 g/mol. The molecule has 0 radical (unpaired) electrons. The maximum Gasteiger partial charge on any atom is 0.418 e. The largest absolute Gasteiger partial charge is 0.448 e. The number of ether oxygens (including phenoxy) is 2. The van der Waals surface area contributed by atoms with E-state index < -0.39 is 18.0 Å². The van der Waals surface area contributed by atoms with Crippen LogP contribution in [0.2, 0.25) is 0 Å². The van der Waals surface area contributed by atoms with E-state index in [4.69, 9.17) is 15.0 Å². The summed E-state index contributed by atoms with van der Waals surface area (Å²) in [5.74, 6) is -1.03. The van der Waals surface area contributed by atoms with E-state index in [0.717, 1.165) is 11.1 Å². The number of rotatable bonds is 5. The minimum absolute atomic E-state index is 0.00640. The Labute approximate surface area is 134 Å². The van der Waals surface area contributed by atoms with Gasteiger partial charge < -0.3 is 15.0 Å². The van der Waals surface area contributed by atoms with Crippen LogP contribution in [-0.4, -0.2) is 23.1 Å². The summed E-state index contributed by atoms with van der Waals surface area (Å²) in [5, 5.41) is 0. The highest BCUT2D eigenvalue weighted by atomic mass is 16.6. The van der Waals surface area contributed by atoms with Crippen LogP contribution in [0.25, 0.3) is 5.53 Å². The molecule has 2 aromatic rings. The summed E-state index contributed by atoms with van der Waals surface area (Å²) < 4.78 is 11.1. The topological polar surface area (TPSA) is 71.9 Å². The smallest absolute Gasteiger partial charge is 0.418 e. The van der Waals surface area contributed by atoms with Crippen LogP contribution in [0.4, 0.5) is 0 Å². The Morgan fingerprint density at radius 2 is 1.70 bits per heavy atom. The summed E-state index contributed by atoms with van der Waals surface area (Å²) in [5.41, 5.74) is 11.0. The van der Waals surface area contributed by atoms with Gasteiger partial charge in [-0.3, -0.25) is 0 Å². The first-order chi connectivity index (χ1) is 11.3. The van der Waals surface area contributed by atoms with Gasteiger partial charge in [-0.15, -0.1) is 0 Å². The second-order valence-corrected chi connectivity index (χ2v) is 5.33. The molecule has 0 unspecified atom stereocenters. The van der Waals surface area contributed by atoms with E-state index in [9.17, 15) is 4.79 Å². The average molecular weight is 308 g/mol. The number of hydrogen-bond acceptors (Lipinski definition) is 3. The van der Waals surface area contributed by atoms with Crippen LogP contribution < -0.4 is 0 Å². The molecule has 0 spiro atoms. The van der Waals surface area contributed by atoms with Gasteiger partial charge in [0.25, 0.3) is 0 Å². The summed E-state index contributed by atoms with van der Waals surface area (Å²) in [6.07, 6.45) is -0.495. The Balaban J connectivity index is 1.73. The fraction of sp³-hybridized carbons (Fsp3) is 0.222. The lowest BCUT2D eigenvalue weighted by atomic mass is 9.94. The zero-order valence-electron chi connectivity index (χ0n) is 12.5. The summed E-state index contributed by atoms with van der Waals surface area (Å²) in [7, 11) is 0. The summed E-state index contributed by atoms with van der Waals surface area (Å²) in [6, 6.07) is 19.1. The summed E-state index contributed by atoms with van der Waals surface area (Å²) in [4.78, 5) is 15.0. The number of esters is 1. The molecule has 0 N–H and O–H groups in total. The number of hydrogen-bond donors (Lipinski definition) is 0. The molecule has 5 nitrogen and oxygen atoms in total. The van der Waals surface area contributed by atoms with Gasteiger partial charge >= 0.3 is 11.7 Å². The van der Waals surface area contributed by atoms with Crippen molar-refractivity contribution in [2.75, 3.05) is 6.61 Å². The van der Waals surface area contributed by atoms with Crippen LogP contribution in [0.15, 0.2) is 60.7 Å². The van der Waals surface area contributed by atoms with E-state index in [-0.39, 0.29) is 12.3 Å². The highest BCUT2D eigenvalue weighted by Crippen LogP contribution is 2.33. The van der Waals surface area contributed by atoms with Gasteiger partial charge in [0.05, 0.1) is 13.2 Å². The molecule has 23 heavy (non-hydrogen) atoms. The van der Waals surface area contributed by atoms with Crippen LogP contribution in [-0.2, 0) is 20.9 Å². The van der Waals surface area contributed by atoms with E-state index in [1.807, 2.05) is 60.7 Å². The highest BCUT2D eigenvalue weighted by Gasteiger charge is 2.49. The van der Waals surface area contributed by atoms with Crippen molar-refractivity contribution in [3.05, 3.63) is 77.3 Å². The standard InChI is InChI=1S/C18H16N2O3/c19-20-16-15(12-22-11-13-7-3-1-4-8-13)17(23-18(16)21)14-9-5-2-6-10-14/h1-10,15,17H,11-12H2/t15-,17+/m1/s1. The molecule has 0 aromatic heterocycles. The number of carbonyl (C=O) groups excluding carboxylic acids is 1. The molecule has 1 fully saturated rings. The van der Waals surface area contributed by atoms with E-state index in [0.29, 0.717) is 6.61 Å². The highest BCUT2D eigenvalue weighted by molar-refractivity contribution is 6.36. The Bertz CT molecular complexity index is 724. The van der Waals surface area contributed by atoms with Crippen molar-refractivity contribution >= 4 is 11.7 Å². The maximum atomic E-state index is 11.9. The van der Waals surface area contributed by atoms with E-state index in [2.05, 4.69) is 4.79 Å². The third kappa shape index (κ3) is 3.37. The molecule has 1 aliphatic heterocycles. The predicted molar refractivity (Wildman–Crippen MR) is 83.5 cm³/mol. The van der Waals surface area contributed by atoms with Crippen molar-refractivity contribution in [2.24, 2.45) is 5.92 Å². The normalized spacial score (nSPS) is 20.2. The first-order valence-electron chi connectivity index (χ1n) is 7.39. The molecule has 2 aromatic carbocycles. The first-order valence-corrected chi connectivity index (χ1v) is 7.39. The zero-order valence-corrected chi connectivity index (χ0v) is 12.5. The fourth-order valence-corrected chi connectivity index (χ4v) is 2.65. The number of carbonyl (C=O) groups is 1. The average Bonchev–Trinajstić information content (AvgIpc) is 2.92. The molecule has 0 bridgehead atoms. The first kappa shape index (κ1) is 15.2. The molecule has 1 saturated heterocycles. The molecule has 1 heterocycles. The molecule has 0 amide bonds. The van der Waals surface area contributed by atoms with Crippen LogP contribution in [0, 0.1) is 5.92 Å². The zero-order chi connectivity index (χ0) is 16.1. The molecule has 3 rings (SSSR count). The fourth-order valence-electron chi connectivity index (χ4n) is 2.65. The predicted octanol–water partition coefficient (Wildman–Crippen LogP) is 2.79. The van der Waals surface area contributed by atoms with E-state index in [1.54, 1.807) is 0 Å².